The number of sulfonamides is 1. The number of rotatable bonds is 7. The molecule has 1 unspecified atom stereocenters. The lowest BCUT2D eigenvalue weighted by Crippen LogP contribution is -2.37. The topological polar surface area (TPSA) is 76.1 Å². The number of β-amino-alcohol motifs (C(OH)–C–C–N with tert-alkyl or cyclic N) is 1. The Balaban J connectivity index is 1.43. The largest absolute Gasteiger partial charge is 0.497 e. The lowest BCUT2D eigenvalue weighted by atomic mass is 10.1. The van der Waals surface area contributed by atoms with Crippen molar-refractivity contribution in [2.45, 2.75) is 17.6 Å². The van der Waals surface area contributed by atoms with Crippen LogP contribution in [0.3, 0.4) is 0 Å². The number of ether oxygens (including phenoxy) is 2. The van der Waals surface area contributed by atoms with Crippen molar-refractivity contribution in [3.8, 4) is 5.75 Å². The molecule has 1 N–H and O–H groups in total. The standard InChI is InChI=1S/C21H21NO5S/c1-26-18-10-8-15(9-11-18)13-27-14-17(23)12-22-19-6-2-4-16-5-3-7-20(21(16)19)28(22,24)25/h2-11,17,23H,12-14H2,1H3. The first-order valence-corrected chi connectivity index (χ1v) is 10.4. The van der Waals surface area contributed by atoms with Gasteiger partial charge < -0.3 is 14.6 Å². The van der Waals surface area contributed by atoms with Crippen molar-refractivity contribution in [3.05, 3.63) is 66.2 Å². The van der Waals surface area contributed by atoms with E-state index in [1.54, 1.807) is 25.3 Å². The van der Waals surface area contributed by atoms with Gasteiger partial charge in [-0.2, -0.15) is 0 Å². The van der Waals surface area contributed by atoms with Gasteiger partial charge in [0.25, 0.3) is 10.0 Å². The third kappa shape index (κ3) is 3.32. The molecule has 0 spiro atoms. The maximum atomic E-state index is 12.9. The average Bonchev–Trinajstić information content (AvgIpc) is 2.92. The second kappa shape index (κ2) is 7.43. The Kier molecular flexibility index (Phi) is 4.97. The van der Waals surface area contributed by atoms with E-state index >= 15 is 0 Å². The molecule has 1 aliphatic rings. The van der Waals surface area contributed by atoms with E-state index in [1.165, 1.54) is 4.31 Å². The Morgan fingerprint density at radius 3 is 2.46 bits per heavy atom. The van der Waals surface area contributed by atoms with Gasteiger partial charge >= 0.3 is 0 Å². The molecule has 0 fully saturated rings. The van der Waals surface area contributed by atoms with Crippen LogP contribution in [-0.4, -0.2) is 39.9 Å². The number of aliphatic hydroxyl groups is 1. The van der Waals surface area contributed by atoms with Gasteiger partial charge in [-0.15, -0.1) is 0 Å². The Labute approximate surface area is 164 Å². The van der Waals surface area contributed by atoms with Gasteiger partial charge in [0.15, 0.2) is 0 Å². The van der Waals surface area contributed by atoms with E-state index < -0.39 is 16.1 Å². The van der Waals surface area contributed by atoms with E-state index in [9.17, 15) is 13.5 Å². The molecule has 1 atom stereocenters. The number of aliphatic hydroxyl groups excluding tert-OH is 1. The first-order valence-electron chi connectivity index (χ1n) is 8.94. The van der Waals surface area contributed by atoms with Crippen LogP contribution in [-0.2, 0) is 21.4 Å². The van der Waals surface area contributed by atoms with E-state index in [-0.39, 0.29) is 18.0 Å². The number of methoxy groups -OCH3 is 1. The summed E-state index contributed by atoms with van der Waals surface area (Å²) in [5.41, 5.74) is 1.54. The molecule has 0 saturated heterocycles. The number of anilines is 1. The van der Waals surface area contributed by atoms with Crippen molar-refractivity contribution in [3.63, 3.8) is 0 Å². The first-order chi connectivity index (χ1) is 13.5. The molecular formula is C21H21NO5S. The third-order valence-electron chi connectivity index (χ3n) is 4.80. The van der Waals surface area contributed by atoms with Crippen molar-refractivity contribution in [1.82, 2.24) is 0 Å². The molecular weight excluding hydrogens is 378 g/mol. The third-order valence-corrected chi connectivity index (χ3v) is 6.62. The Morgan fingerprint density at radius 2 is 1.75 bits per heavy atom. The normalized spacial score (nSPS) is 15.7. The van der Waals surface area contributed by atoms with Crippen molar-refractivity contribution in [2.75, 3.05) is 24.6 Å². The Morgan fingerprint density at radius 1 is 1.04 bits per heavy atom. The van der Waals surface area contributed by atoms with Gasteiger partial charge in [0.1, 0.15) is 5.75 Å². The molecule has 4 rings (SSSR count). The Bertz CT molecular complexity index is 1090. The molecule has 0 radical (unpaired) electrons. The van der Waals surface area contributed by atoms with Crippen LogP contribution in [0.25, 0.3) is 10.8 Å². The van der Waals surface area contributed by atoms with Crippen molar-refractivity contribution >= 4 is 26.5 Å². The van der Waals surface area contributed by atoms with Gasteiger partial charge in [-0.05, 0) is 35.2 Å². The minimum absolute atomic E-state index is 0.0321. The molecule has 0 aromatic heterocycles. The molecule has 0 aliphatic carbocycles. The highest BCUT2D eigenvalue weighted by atomic mass is 32.2. The molecule has 7 heteroatoms. The maximum Gasteiger partial charge on any atom is 0.265 e. The Hall–Kier alpha value is -2.61. The summed E-state index contributed by atoms with van der Waals surface area (Å²) < 4.78 is 37.8. The fraction of sp³-hybridized carbons (Fsp3) is 0.238. The van der Waals surface area contributed by atoms with Gasteiger partial charge in [-0.1, -0.05) is 36.4 Å². The van der Waals surface area contributed by atoms with Gasteiger partial charge in [0, 0.05) is 5.39 Å². The fourth-order valence-corrected chi connectivity index (χ4v) is 5.18. The second-order valence-electron chi connectivity index (χ2n) is 6.68. The summed E-state index contributed by atoms with van der Waals surface area (Å²) in [4.78, 5) is 0.284. The highest BCUT2D eigenvalue weighted by Crippen LogP contribution is 2.41. The predicted molar refractivity (Wildman–Crippen MR) is 107 cm³/mol. The minimum atomic E-state index is -3.67. The van der Waals surface area contributed by atoms with E-state index in [4.69, 9.17) is 9.47 Å². The molecule has 3 aromatic carbocycles. The van der Waals surface area contributed by atoms with Gasteiger partial charge in [0.2, 0.25) is 0 Å². The van der Waals surface area contributed by atoms with Crippen LogP contribution < -0.4 is 9.04 Å². The van der Waals surface area contributed by atoms with Crippen LogP contribution in [0.15, 0.2) is 65.6 Å². The molecule has 0 amide bonds. The number of nitrogens with zero attached hydrogens (tertiary/aromatic N) is 1. The maximum absolute atomic E-state index is 12.9. The molecule has 0 bridgehead atoms. The molecule has 6 nitrogen and oxygen atoms in total. The molecule has 28 heavy (non-hydrogen) atoms. The fourth-order valence-electron chi connectivity index (χ4n) is 3.43. The van der Waals surface area contributed by atoms with Gasteiger partial charge in [-0.3, -0.25) is 4.31 Å². The monoisotopic (exact) mass is 399 g/mol. The molecule has 146 valence electrons. The number of benzene rings is 3. The second-order valence-corrected chi connectivity index (χ2v) is 8.52. The lowest BCUT2D eigenvalue weighted by molar-refractivity contribution is 0.0334. The smallest absolute Gasteiger partial charge is 0.265 e. The number of hydrogen-bond donors (Lipinski definition) is 1. The SMILES string of the molecule is COc1ccc(COCC(O)CN2c3cccc4cccc(c34)S2(=O)=O)cc1. The van der Waals surface area contributed by atoms with E-state index in [1.807, 2.05) is 42.5 Å². The highest BCUT2D eigenvalue weighted by Gasteiger charge is 2.36. The summed E-state index contributed by atoms with van der Waals surface area (Å²) in [7, 11) is -2.07. The van der Waals surface area contributed by atoms with Crippen molar-refractivity contribution in [1.29, 1.82) is 0 Å². The molecule has 3 aromatic rings. The molecule has 1 heterocycles. The van der Waals surface area contributed by atoms with Crippen LogP contribution in [0.2, 0.25) is 0 Å². The first kappa shape index (κ1) is 18.7. The van der Waals surface area contributed by atoms with Crippen LogP contribution in [0.4, 0.5) is 5.69 Å². The minimum Gasteiger partial charge on any atom is -0.497 e. The predicted octanol–water partition coefficient (Wildman–Crippen LogP) is 2.93. The summed E-state index contributed by atoms with van der Waals surface area (Å²) in [6.45, 7) is 0.298. The van der Waals surface area contributed by atoms with Crippen LogP contribution in [0.1, 0.15) is 5.56 Å². The number of hydrogen-bond acceptors (Lipinski definition) is 5. The summed E-state index contributed by atoms with van der Waals surface area (Å²) in [5.74, 6) is 0.761. The molecule has 0 saturated carbocycles. The van der Waals surface area contributed by atoms with E-state index in [0.29, 0.717) is 17.7 Å². The van der Waals surface area contributed by atoms with E-state index in [2.05, 4.69) is 0 Å². The van der Waals surface area contributed by atoms with Crippen LogP contribution in [0.5, 0.6) is 5.75 Å². The lowest BCUT2D eigenvalue weighted by Gasteiger charge is -2.22. The zero-order chi connectivity index (χ0) is 19.7. The van der Waals surface area contributed by atoms with Gasteiger partial charge in [0.05, 0.1) is 43.6 Å². The summed E-state index contributed by atoms with van der Waals surface area (Å²) in [6, 6.07) is 18.1. The quantitative estimate of drug-likeness (QED) is 0.661. The summed E-state index contributed by atoms with van der Waals surface area (Å²) >= 11 is 0. The molecule has 1 aliphatic heterocycles. The van der Waals surface area contributed by atoms with Crippen LogP contribution >= 0.6 is 0 Å². The van der Waals surface area contributed by atoms with E-state index in [0.717, 1.165) is 16.7 Å². The van der Waals surface area contributed by atoms with Crippen LogP contribution in [0, 0.1) is 0 Å². The van der Waals surface area contributed by atoms with Crippen molar-refractivity contribution in [2.24, 2.45) is 0 Å². The average molecular weight is 399 g/mol. The zero-order valence-corrected chi connectivity index (χ0v) is 16.2. The summed E-state index contributed by atoms with van der Waals surface area (Å²) in [5, 5.41) is 12.0. The zero-order valence-electron chi connectivity index (χ0n) is 15.4. The highest BCUT2D eigenvalue weighted by molar-refractivity contribution is 7.93. The van der Waals surface area contributed by atoms with Gasteiger partial charge in [-0.25, -0.2) is 8.42 Å². The van der Waals surface area contributed by atoms with Crippen molar-refractivity contribution < 1.29 is 23.0 Å². The summed E-state index contributed by atoms with van der Waals surface area (Å²) in [6.07, 6.45) is -0.947.